The largest absolute Gasteiger partial charge is 0.496 e. The van der Waals surface area contributed by atoms with Crippen LogP contribution >= 0.6 is 0 Å². The van der Waals surface area contributed by atoms with Gasteiger partial charge in [-0.05, 0) is 37.3 Å². The number of H-pyrrole nitrogens is 1. The van der Waals surface area contributed by atoms with E-state index in [1.165, 1.54) is 25.4 Å². The van der Waals surface area contributed by atoms with Crippen molar-refractivity contribution >= 4 is 0 Å². The number of imidazole rings is 1. The smallest absolute Gasteiger partial charge is 0.433 e. The second-order valence-electron chi connectivity index (χ2n) is 7.11. The van der Waals surface area contributed by atoms with Crippen LogP contribution in [0.15, 0.2) is 61.1 Å². The van der Waals surface area contributed by atoms with Crippen LogP contribution < -0.4 is 9.47 Å². The summed E-state index contributed by atoms with van der Waals surface area (Å²) in [4.78, 5) is 14.6. The molecule has 1 N–H and O–H groups in total. The Hall–Kier alpha value is -3.95. The molecule has 0 spiro atoms. The topological polar surface area (TPSA) is 72.9 Å². The molecule has 0 radical (unpaired) electrons. The van der Waals surface area contributed by atoms with Crippen molar-refractivity contribution in [1.29, 1.82) is 0 Å². The van der Waals surface area contributed by atoms with Gasteiger partial charge in [0.05, 0.1) is 19.0 Å². The summed E-state index contributed by atoms with van der Waals surface area (Å²) >= 11 is 0. The quantitative estimate of drug-likeness (QED) is 0.290. The molecule has 1 aromatic carbocycles. The molecule has 0 saturated carbocycles. The molecule has 0 amide bonds. The van der Waals surface area contributed by atoms with E-state index in [0.717, 1.165) is 12.3 Å². The van der Waals surface area contributed by atoms with Crippen LogP contribution in [0.25, 0.3) is 22.6 Å². The average molecular weight is 458 g/mol. The van der Waals surface area contributed by atoms with Gasteiger partial charge in [-0.15, -0.1) is 0 Å². The van der Waals surface area contributed by atoms with Gasteiger partial charge in [-0.2, -0.15) is 17.6 Å². The summed E-state index contributed by atoms with van der Waals surface area (Å²) < 4.78 is 62.5. The summed E-state index contributed by atoms with van der Waals surface area (Å²) in [6, 6.07) is 10.2. The molecule has 0 saturated heterocycles. The fourth-order valence-electron chi connectivity index (χ4n) is 3.17. The molecular formula is C23H18F4N4O2. The van der Waals surface area contributed by atoms with Gasteiger partial charge >= 0.3 is 6.18 Å². The molecule has 0 aliphatic rings. The number of hydrogen-bond donors (Lipinski definition) is 1. The van der Waals surface area contributed by atoms with E-state index in [1.54, 1.807) is 37.4 Å². The lowest BCUT2D eigenvalue weighted by Gasteiger charge is -2.17. The first-order chi connectivity index (χ1) is 15.7. The van der Waals surface area contributed by atoms with Crippen molar-refractivity contribution in [3.05, 3.63) is 78.3 Å². The number of methoxy groups -OCH3 is 1. The normalized spacial score (nSPS) is 12.4. The van der Waals surface area contributed by atoms with Crippen molar-refractivity contribution in [3.8, 4) is 34.1 Å². The number of halogens is 4. The van der Waals surface area contributed by atoms with Crippen LogP contribution in [0.4, 0.5) is 17.6 Å². The number of aromatic nitrogens is 4. The van der Waals surface area contributed by atoms with Gasteiger partial charge in [0.1, 0.15) is 29.1 Å². The van der Waals surface area contributed by atoms with Crippen molar-refractivity contribution < 1.29 is 27.0 Å². The van der Waals surface area contributed by atoms with E-state index < -0.39 is 23.9 Å². The summed E-state index contributed by atoms with van der Waals surface area (Å²) in [5.74, 6) is 0.899. The highest BCUT2D eigenvalue weighted by atomic mass is 19.4. The van der Waals surface area contributed by atoms with Crippen molar-refractivity contribution in [3.63, 3.8) is 0 Å². The molecule has 6 nitrogen and oxygen atoms in total. The lowest BCUT2D eigenvalue weighted by Crippen LogP contribution is -2.09. The maximum absolute atomic E-state index is 13.1. The maximum Gasteiger partial charge on any atom is 0.433 e. The first-order valence-electron chi connectivity index (χ1n) is 9.79. The first-order valence-corrected chi connectivity index (χ1v) is 9.79. The van der Waals surface area contributed by atoms with E-state index in [1.807, 2.05) is 0 Å². The number of benzene rings is 1. The Morgan fingerprint density at radius 3 is 2.39 bits per heavy atom. The first kappa shape index (κ1) is 22.3. The Bertz CT molecular complexity index is 1240. The monoisotopic (exact) mass is 458 g/mol. The van der Waals surface area contributed by atoms with Gasteiger partial charge in [-0.3, -0.25) is 4.98 Å². The van der Waals surface area contributed by atoms with E-state index >= 15 is 0 Å². The minimum atomic E-state index is -4.49. The molecule has 3 heterocycles. The zero-order chi connectivity index (χ0) is 23.6. The minimum Gasteiger partial charge on any atom is -0.496 e. The Kier molecular flexibility index (Phi) is 5.99. The lowest BCUT2D eigenvalue weighted by molar-refractivity contribution is -0.141. The number of rotatable bonds is 6. The fourth-order valence-corrected chi connectivity index (χ4v) is 3.17. The molecule has 3 aromatic heterocycles. The van der Waals surface area contributed by atoms with Crippen LogP contribution in [0.3, 0.4) is 0 Å². The molecule has 33 heavy (non-hydrogen) atoms. The second-order valence-corrected chi connectivity index (χ2v) is 7.11. The molecule has 170 valence electrons. The van der Waals surface area contributed by atoms with Crippen LogP contribution in [0.1, 0.15) is 24.3 Å². The van der Waals surface area contributed by atoms with Crippen molar-refractivity contribution in [1.82, 2.24) is 19.9 Å². The van der Waals surface area contributed by atoms with Gasteiger partial charge in [0, 0.05) is 35.2 Å². The summed E-state index contributed by atoms with van der Waals surface area (Å²) in [6.07, 6.45) is -0.891. The summed E-state index contributed by atoms with van der Waals surface area (Å²) in [5, 5.41) is 0. The molecule has 10 heteroatoms. The van der Waals surface area contributed by atoms with Crippen LogP contribution in [-0.4, -0.2) is 27.0 Å². The van der Waals surface area contributed by atoms with Crippen molar-refractivity contribution in [2.75, 3.05) is 7.11 Å². The Balaban J connectivity index is 1.53. The van der Waals surface area contributed by atoms with Gasteiger partial charge in [-0.1, -0.05) is 6.07 Å². The standard InChI is InChI=1S/C23H18F4N4O2/c1-13(14-3-7-20(28-10-14)23(25,26)27)33-16-5-6-17(19(9-16)32-2)18-12-30-22(31-18)15-4-8-21(24)29-11-15/h3-13H,1-2H3,(H,30,31)/t13-/m1/s1. The van der Waals surface area contributed by atoms with Crippen LogP contribution in [0.2, 0.25) is 0 Å². The third kappa shape index (κ3) is 4.94. The third-order valence-electron chi connectivity index (χ3n) is 4.90. The SMILES string of the molecule is COc1cc(O[C@H](C)c2ccc(C(F)(F)F)nc2)ccc1-c1cnc(-c2ccc(F)nc2)[nH]1. The Labute approximate surface area is 186 Å². The zero-order valence-corrected chi connectivity index (χ0v) is 17.5. The summed E-state index contributed by atoms with van der Waals surface area (Å²) in [6.45, 7) is 1.71. The molecule has 0 bridgehead atoms. The van der Waals surface area contributed by atoms with Gasteiger partial charge in [-0.25, -0.2) is 9.97 Å². The van der Waals surface area contributed by atoms with Crippen LogP contribution in [0, 0.1) is 5.95 Å². The van der Waals surface area contributed by atoms with E-state index in [9.17, 15) is 17.6 Å². The average Bonchev–Trinajstić information content (AvgIpc) is 3.29. The molecule has 4 aromatic rings. The predicted molar refractivity (Wildman–Crippen MR) is 112 cm³/mol. The highest BCUT2D eigenvalue weighted by Crippen LogP contribution is 2.35. The number of aromatic amines is 1. The number of ether oxygens (including phenoxy) is 2. The molecular weight excluding hydrogens is 440 g/mol. The zero-order valence-electron chi connectivity index (χ0n) is 17.5. The maximum atomic E-state index is 13.1. The van der Waals surface area contributed by atoms with E-state index in [0.29, 0.717) is 39.7 Å². The Morgan fingerprint density at radius 2 is 1.76 bits per heavy atom. The number of nitrogens with one attached hydrogen (secondary N) is 1. The van der Waals surface area contributed by atoms with Crippen LogP contribution in [0.5, 0.6) is 11.5 Å². The van der Waals surface area contributed by atoms with Gasteiger partial charge in [0.15, 0.2) is 0 Å². The molecule has 4 rings (SSSR count). The number of alkyl halides is 3. The highest BCUT2D eigenvalue weighted by molar-refractivity contribution is 5.70. The fraction of sp³-hybridized carbons (Fsp3) is 0.174. The molecule has 1 atom stereocenters. The van der Waals surface area contributed by atoms with E-state index in [4.69, 9.17) is 9.47 Å². The number of nitrogens with zero attached hydrogens (tertiary/aromatic N) is 3. The Morgan fingerprint density at radius 1 is 0.939 bits per heavy atom. The van der Waals surface area contributed by atoms with Crippen molar-refractivity contribution in [2.24, 2.45) is 0 Å². The molecule has 0 aliphatic heterocycles. The minimum absolute atomic E-state index is 0.463. The lowest BCUT2D eigenvalue weighted by atomic mass is 10.1. The van der Waals surface area contributed by atoms with Crippen LogP contribution in [-0.2, 0) is 6.18 Å². The van der Waals surface area contributed by atoms with Gasteiger partial charge < -0.3 is 14.5 Å². The number of hydrogen-bond acceptors (Lipinski definition) is 5. The second kappa shape index (κ2) is 8.89. The summed E-state index contributed by atoms with van der Waals surface area (Å²) in [5.41, 5.74) is 1.54. The van der Waals surface area contributed by atoms with Gasteiger partial charge in [0.25, 0.3) is 0 Å². The molecule has 0 aliphatic carbocycles. The van der Waals surface area contributed by atoms with Crippen molar-refractivity contribution in [2.45, 2.75) is 19.2 Å². The molecule has 0 fully saturated rings. The van der Waals surface area contributed by atoms with E-state index in [2.05, 4.69) is 19.9 Å². The van der Waals surface area contributed by atoms with E-state index in [-0.39, 0.29) is 0 Å². The third-order valence-corrected chi connectivity index (χ3v) is 4.90. The molecule has 0 unspecified atom stereocenters. The number of pyridine rings is 2. The van der Waals surface area contributed by atoms with Gasteiger partial charge in [0.2, 0.25) is 5.95 Å². The highest BCUT2D eigenvalue weighted by Gasteiger charge is 2.32. The summed E-state index contributed by atoms with van der Waals surface area (Å²) in [7, 11) is 1.51. The predicted octanol–water partition coefficient (Wildman–Crippen LogP) is 5.84.